The molecule has 0 unspecified atom stereocenters. The number of hydrogen-bond donors (Lipinski definition) is 2. The van der Waals surface area contributed by atoms with Crippen molar-refractivity contribution in [3.05, 3.63) is 0 Å². The largest absolute Gasteiger partial charge is 0.481 e. The Morgan fingerprint density at radius 2 is 2.00 bits per heavy atom. The Labute approximate surface area is 114 Å². The zero-order valence-corrected chi connectivity index (χ0v) is 11.6. The van der Waals surface area contributed by atoms with Crippen LogP contribution in [0.4, 0.5) is 0 Å². The molecule has 1 fully saturated rings. The molecular weight excluding hydrogens is 248 g/mol. The molecule has 0 bridgehead atoms. The molecule has 1 amide bonds. The van der Waals surface area contributed by atoms with E-state index in [0.29, 0.717) is 6.42 Å². The zero-order chi connectivity index (χ0) is 14.1. The minimum Gasteiger partial charge on any atom is -0.481 e. The van der Waals surface area contributed by atoms with Gasteiger partial charge in [0.25, 0.3) is 0 Å². The highest BCUT2D eigenvalue weighted by atomic mass is 16.5. The Morgan fingerprint density at radius 3 is 2.58 bits per heavy atom. The lowest BCUT2D eigenvalue weighted by atomic mass is 10.1. The first-order valence-electron chi connectivity index (χ1n) is 6.89. The summed E-state index contributed by atoms with van der Waals surface area (Å²) >= 11 is 0. The van der Waals surface area contributed by atoms with Gasteiger partial charge in [0, 0.05) is 19.5 Å². The van der Waals surface area contributed by atoms with Crippen LogP contribution in [0.5, 0.6) is 0 Å². The second-order valence-corrected chi connectivity index (χ2v) is 4.80. The van der Waals surface area contributed by atoms with E-state index in [0.717, 1.165) is 38.9 Å². The Kier molecular flexibility index (Phi) is 7.43. The van der Waals surface area contributed by atoms with E-state index in [2.05, 4.69) is 5.32 Å². The van der Waals surface area contributed by atoms with Gasteiger partial charge in [-0.15, -0.1) is 0 Å². The van der Waals surface area contributed by atoms with Gasteiger partial charge in [0.1, 0.15) is 0 Å². The SMILES string of the molecule is CNCCCC(=O)N1CCC(OCCC(=O)O)CC1. The van der Waals surface area contributed by atoms with Crippen molar-refractivity contribution in [1.29, 1.82) is 0 Å². The second kappa shape index (κ2) is 8.87. The lowest BCUT2D eigenvalue weighted by molar-refractivity contribution is -0.139. The molecule has 0 aliphatic carbocycles. The first-order valence-corrected chi connectivity index (χ1v) is 6.89. The first kappa shape index (κ1) is 15.9. The van der Waals surface area contributed by atoms with Gasteiger partial charge in [-0.25, -0.2) is 0 Å². The third-order valence-corrected chi connectivity index (χ3v) is 3.28. The predicted molar refractivity (Wildman–Crippen MR) is 71.0 cm³/mol. The molecule has 2 N–H and O–H groups in total. The van der Waals surface area contributed by atoms with E-state index in [1.165, 1.54) is 0 Å². The molecule has 6 heteroatoms. The predicted octanol–water partition coefficient (Wildman–Crippen LogP) is 0.468. The Hall–Kier alpha value is -1.14. The molecule has 0 aromatic carbocycles. The highest BCUT2D eigenvalue weighted by Crippen LogP contribution is 2.15. The van der Waals surface area contributed by atoms with Crippen molar-refractivity contribution in [1.82, 2.24) is 10.2 Å². The summed E-state index contributed by atoms with van der Waals surface area (Å²) in [5, 5.41) is 11.5. The highest BCUT2D eigenvalue weighted by Gasteiger charge is 2.22. The Bertz CT molecular complexity index is 288. The minimum atomic E-state index is -0.836. The normalized spacial score (nSPS) is 16.6. The number of nitrogens with zero attached hydrogens (tertiary/aromatic N) is 1. The number of aliphatic carboxylic acids is 1. The summed E-state index contributed by atoms with van der Waals surface area (Å²) in [6, 6.07) is 0. The van der Waals surface area contributed by atoms with E-state index in [4.69, 9.17) is 9.84 Å². The van der Waals surface area contributed by atoms with Crippen molar-refractivity contribution < 1.29 is 19.4 Å². The summed E-state index contributed by atoms with van der Waals surface area (Å²) in [6.07, 6.45) is 3.20. The second-order valence-electron chi connectivity index (χ2n) is 4.80. The number of ether oxygens (including phenoxy) is 1. The van der Waals surface area contributed by atoms with Gasteiger partial charge in [-0.1, -0.05) is 0 Å². The molecule has 1 rings (SSSR count). The van der Waals surface area contributed by atoms with Gasteiger partial charge in [0.15, 0.2) is 0 Å². The molecule has 0 saturated carbocycles. The Balaban J connectivity index is 2.14. The maximum absolute atomic E-state index is 11.9. The van der Waals surface area contributed by atoms with E-state index in [1.54, 1.807) is 0 Å². The van der Waals surface area contributed by atoms with Crippen LogP contribution in [0, 0.1) is 0 Å². The van der Waals surface area contributed by atoms with Gasteiger partial charge in [-0.3, -0.25) is 9.59 Å². The quantitative estimate of drug-likeness (QED) is 0.628. The van der Waals surface area contributed by atoms with Crippen molar-refractivity contribution in [3.63, 3.8) is 0 Å². The number of rotatable bonds is 8. The third-order valence-electron chi connectivity index (χ3n) is 3.28. The van der Waals surface area contributed by atoms with E-state index in [-0.39, 0.29) is 25.0 Å². The van der Waals surface area contributed by atoms with Crippen LogP contribution in [-0.2, 0) is 14.3 Å². The van der Waals surface area contributed by atoms with E-state index in [1.807, 2.05) is 11.9 Å². The zero-order valence-electron chi connectivity index (χ0n) is 11.6. The van der Waals surface area contributed by atoms with Crippen molar-refractivity contribution in [3.8, 4) is 0 Å². The number of likely N-dealkylation sites (tertiary alicyclic amines) is 1. The van der Waals surface area contributed by atoms with Crippen LogP contribution in [-0.4, -0.2) is 61.3 Å². The number of nitrogens with one attached hydrogen (secondary N) is 1. The molecule has 0 aromatic rings. The van der Waals surface area contributed by atoms with Crippen molar-refractivity contribution >= 4 is 11.9 Å². The Morgan fingerprint density at radius 1 is 1.32 bits per heavy atom. The van der Waals surface area contributed by atoms with Crippen LogP contribution < -0.4 is 5.32 Å². The van der Waals surface area contributed by atoms with Crippen molar-refractivity contribution in [2.24, 2.45) is 0 Å². The molecule has 1 heterocycles. The number of carbonyl (C=O) groups excluding carboxylic acids is 1. The van der Waals surface area contributed by atoms with Crippen LogP contribution >= 0.6 is 0 Å². The summed E-state index contributed by atoms with van der Waals surface area (Å²) in [5.74, 6) is -0.628. The molecule has 0 radical (unpaired) electrons. The molecule has 110 valence electrons. The molecule has 1 aliphatic rings. The average Bonchev–Trinajstić information content (AvgIpc) is 2.39. The fraction of sp³-hybridized carbons (Fsp3) is 0.846. The standard InChI is InChI=1S/C13H24N2O4/c1-14-7-2-3-12(16)15-8-4-11(5-9-15)19-10-6-13(17)18/h11,14H,2-10H2,1H3,(H,17,18). The van der Waals surface area contributed by atoms with Gasteiger partial charge in [0.2, 0.25) is 5.91 Å². The summed E-state index contributed by atoms with van der Waals surface area (Å²) in [5.41, 5.74) is 0. The number of carboxylic acid groups (broad SMARTS) is 1. The highest BCUT2D eigenvalue weighted by molar-refractivity contribution is 5.76. The molecule has 0 spiro atoms. The fourth-order valence-electron chi connectivity index (χ4n) is 2.16. The van der Waals surface area contributed by atoms with E-state index in [9.17, 15) is 9.59 Å². The topological polar surface area (TPSA) is 78.9 Å². The number of piperidine rings is 1. The van der Waals surface area contributed by atoms with Gasteiger partial charge in [-0.05, 0) is 32.9 Å². The molecular formula is C13H24N2O4. The van der Waals surface area contributed by atoms with Crippen LogP contribution in [0.3, 0.4) is 0 Å². The summed E-state index contributed by atoms with van der Waals surface area (Å²) in [6.45, 7) is 2.56. The molecule has 6 nitrogen and oxygen atoms in total. The first-order chi connectivity index (χ1) is 9.13. The van der Waals surface area contributed by atoms with Gasteiger partial charge in [0.05, 0.1) is 19.1 Å². The smallest absolute Gasteiger partial charge is 0.305 e. The van der Waals surface area contributed by atoms with E-state index >= 15 is 0 Å². The molecule has 0 aromatic heterocycles. The third kappa shape index (κ3) is 6.54. The number of carbonyl (C=O) groups is 2. The van der Waals surface area contributed by atoms with Crippen LogP contribution in [0.2, 0.25) is 0 Å². The number of amides is 1. The van der Waals surface area contributed by atoms with Gasteiger partial charge >= 0.3 is 5.97 Å². The minimum absolute atomic E-state index is 0.0448. The van der Waals surface area contributed by atoms with Crippen molar-refractivity contribution in [2.75, 3.05) is 33.3 Å². The fourth-order valence-corrected chi connectivity index (χ4v) is 2.16. The van der Waals surface area contributed by atoms with Gasteiger partial charge < -0.3 is 20.1 Å². The lowest BCUT2D eigenvalue weighted by Gasteiger charge is -2.32. The molecule has 1 aliphatic heterocycles. The number of hydrogen-bond acceptors (Lipinski definition) is 4. The summed E-state index contributed by atoms with van der Waals surface area (Å²) in [7, 11) is 1.88. The maximum Gasteiger partial charge on any atom is 0.305 e. The lowest BCUT2D eigenvalue weighted by Crippen LogP contribution is -2.41. The average molecular weight is 272 g/mol. The summed E-state index contributed by atoms with van der Waals surface area (Å²) in [4.78, 5) is 24.1. The van der Waals surface area contributed by atoms with Crippen LogP contribution in [0.1, 0.15) is 32.1 Å². The molecule has 0 atom stereocenters. The van der Waals surface area contributed by atoms with Crippen LogP contribution in [0.15, 0.2) is 0 Å². The monoisotopic (exact) mass is 272 g/mol. The van der Waals surface area contributed by atoms with E-state index < -0.39 is 5.97 Å². The molecule has 1 saturated heterocycles. The number of carboxylic acids is 1. The maximum atomic E-state index is 11.9. The van der Waals surface area contributed by atoms with Crippen molar-refractivity contribution in [2.45, 2.75) is 38.2 Å². The molecule has 19 heavy (non-hydrogen) atoms. The van der Waals surface area contributed by atoms with Gasteiger partial charge in [-0.2, -0.15) is 0 Å². The van der Waals surface area contributed by atoms with Crippen LogP contribution in [0.25, 0.3) is 0 Å². The summed E-state index contributed by atoms with van der Waals surface area (Å²) < 4.78 is 5.49.